The Kier molecular flexibility index (Phi) is 4.94. The molecule has 0 aliphatic carbocycles. The van der Waals surface area contributed by atoms with E-state index in [1.165, 1.54) is 0 Å². The molecule has 2 aromatic heterocycles. The van der Waals surface area contributed by atoms with Crippen LogP contribution in [-0.2, 0) is 11.3 Å². The summed E-state index contributed by atoms with van der Waals surface area (Å²) in [6.45, 7) is 4.82. The second kappa shape index (κ2) is 7.52. The van der Waals surface area contributed by atoms with Crippen molar-refractivity contribution in [3.05, 3.63) is 40.3 Å². The Morgan fingerprint density at radius 1 is 1.30 bits per heavy atom. The number of amides is 1. The molecule has 4 rings (SSSR count). The van der Waals surface area contributed by atoms with E-state index < -0.39 is 0 Å². The molecule has 0 spiro atoms. The normalized spacial score (nSPS) is 15.4. The summed E-state index contributed by atoms with van der Waals surface area (Å²) in [5.41, 5.74) is 2.36. The summed E-state index contributed by atoms with van der Waals surface area (Å²) in [5.74, 6) is 0.245. The fraction of sp³-hybridized carbons (Fsp3) is 0.450. The highest BCUT2D eigenvalue weighted by molar-refractivity contribution is 6.03. The van der Waals surface area contributed by atoms with Crippen LogP contribution in [0.3, 0.4) is 0 Å². The molecule has 0 saturated carbocycles. The number of aryl methyl sites for hydroxylation is 2. The maximum atomic E-state index is 13.0. The van der Waals surface area contributed by atoms with Crippen LogP contribution in [-0.4, -0.2) is 40.3 Å². The first-order valence-corrected chi connectivity index (χ1v) is 9.61. The van der Waals surface area contributed by atoms with Gasteiger partial charge in [0.05, 0.1) is 10.9 Å². The molecular weight excluding hydrogens is 342 g/mol. The summed E-state index contributed by atoms with van der Waals surface area (Å²) in [4.78, 5) is 25.3. The molecule has 0 radical (unpaired) electrons. The molecule has 0 atom stereocenters. The van der Waals surface area contributed by atoms with E-state index in [4.69, 9.17) is 0 Å². The number of aromatic nitrogens is 3. The molecule has 7 nitrogen and oxygen atoms in total. The standard InChI is InChI=1S/C20H25N5O2/c1-13-17-18(24-23-13)15-5-2-3-6-16(15)25(20(17)27)12-4-9-22-19(26)14-7-10-21-11-8-14/h2-3,5-6,14,21H,4,7-12H2,1H3,(H,22,26)(H,23,24). The van der Waals surface area contributed by atoms with Gasteiger partial charge in [-0.1, -0.05) is 18.2 Å². The number of H-pyrrole nitrogens is 1. The van der Waals surface area contributed by atoms with E-state index in [1.54, 1.807) is 4.57 Å². The number of para-hydroxylation sites is 1. The summed E-state index contributed by atoms with van der Waals surface area (Å²) < 4.78 is 1.80. The fourth-order valence-electron chi connectivity index (χ4n) is 3.94. The van der Waals surface area contributed by atoms with Gasteiger partial charge in [0, 0.05) is 30.1 Å². The molecule has 142 valence electrons. The van der Waals surface area contributed by atoms with Gasteiger partial charge in [-0.15, -0.1) is 0 Å². The summed E-state index contributed by atoms with van der Waals surface area (Å²) in [6.07, 6.45) is 2.50. The number of hydrogen-bond acceptors (Lipinski definition) is 4. The van der Waals surface area contributed by atoms with Gasteiger partial charge in [0.15, 0.2) is 0 Å². The fourth-order valence-corrected chi connectivity index (χ4v) is 3.94. The Labute approximate surface area is 157 Å². The van der Waals surface area contributed by atoms with E-state index >= 15 is 0 Å². The monoisotopic (exact) mass is 367 g/mol. The third kappa shape index (κ3) is 3.35. The zero-order chi connectivity index (χ0) is 18.8. The third-order valence-electron chi connectivity index (χ3n) is 5.42. The largest absolute Gasteiger partial charge is 0.356 e. The van der Waals surface area contributed by atoms with E-state index in [-0.39, 0.29) is 17.4 Å². The number of aromatic amines is 1. The number of nitrogens with zero attached hydrogens (tertiary/aromatic N) is 2. The predicted molar refractivity (Wildman–Crippen MR) is 106 cm³/mol. The van der Waals surface area contributed by atoms with Gasteiger partial charge in [-0.2, -0.15) is 5.10 Å². The summed E-state index contributed by atoms with van der Waals surface area (Å²) >= 11 is 0. The van der Waals surface area contributed by atoms with Crippen LogP contribution < -0.4 is 16.2 Å². The van der Waals surface area contributed by atoms with Crippen LogP contribution in [0, 0.1) is 12.8 Å². The highest BCUT2D eigenvalue weighted by Crippen LogP contribution is 2.22. The highest BCUT2D eigenvalue weighted by Gasteiger charge is 2.20. The topological polar surface area (TPSA) is 91.8 Å². The van der Waals surface area contributed by atoms with Crippen LogP contribution >= 0.6 is 0 Å². The van der Waals surface area contributed by atoms with Crippen molar-refractivity contribution in [2.45, 2.75) is 32.7 Å². The minimum Gasteiger partial charge on any atom is -0.356 e. The molecule has 1 aliphatic heterocycles. The summed E-state index contributed by atoms with van der Waals surface area (Å²) in [5, 5.41) is 15.2. The maximum Gasteiger partial charge on any atom is 0.262 e. The highest BCUT2D eigenvalue weighted by atomic mass is 16.2. The Morgan fingerprint density at radius 2 is 2.07 bits per heavy atom. The lowest BCUT2D eigenvalue weighted by molar-refractivity contribution is -0.125. The molecule has 3 N–H and O–H groups in total. The Bertz CT molecular complexity index is 1030. The van der Waals surface area contributed by atoms with E-state index in [9.17, 15) is 9.59 Å². The average molecular weight is 367 g/mol. The van der Waals surface area contributed by atoms with Gasteiger partial charge in [0.1, 0.15) is 5.52 Å². The van der Waals surface area contributed by atoms with Gasteiger partial charge >= 0.3 is 0 Å². The lowest BCUT2D eigenvalue weighted by atomic mass is 9.97. The van der Waals surface area contributed by atoms with Crippen molar-refractivity contribution in [3.8, 4) is 0 Å². The SMILES string of the molecule is Cc1[nH]nc2c1c(=O)n(CCCNC(=O)C1CCNCC1)c1ccccc21. The molecule has 1 saturated heterocycles. The number of benzene rings is 1. The number of nitrogens with one attached hydrogen (secondary N) is 3. The van der Waals surface area contributed by atoms with Crippen molar-refractivity contribution < 1.29 is 4.79 Å². The molecule has 0 unspecified atom stereocenters. The molecule has 0 bridgehead atoms. The summed E-state index contributed by atoms with van der Waals surface area (Å²) in [7, 11) is 0. The lowest BCUT2D eigenvalue weighted by Crippen LogP contribution is -2.38. The number of rotatable bonds is 5. The van der Waals surface area contributed by atoms with Gasteiger partial charge < -0.3 is 15.2 Å². The van der Waals surface area contributed by atoms with Gasteiger partial charge in [0.25, 0.3) is 5.56 Å². The Balaban J connectivity index is 1.51. The number of pyridine rings is 1. The number of piperidine rings is 1. The second-order valence-corrected chi connectivity index (χ2v) is 7.22. The third-order valence-corrected chi connectivity index (χ3v) is 5.42. The first kappa shape index (κ1) is 17.7. The van der Waals surface area contributed by atoms with Crippen LogP contribution in [0.25, 0.3) is 21.8 Å². The van der Waals surface area contributed by atoms with Gasteiger partial charge in [-0.25, -0.2) is 0 Å². The van der Waals surface area contributed by atoms with Crippen LogP contribution in [0.15, 0.2) is 29.1 Å². The molecular formula is C20H25N5O2. The second-order valence-electron chi connectivity index (χ2n) is 7.22. The molecule has 1 aliphatic rings. The van der Waals surface area contributed by atoms with Crippen LogP contribution in [0.4, 0.5) is 0 Å². The molecule has 27 heavy (non-hydrogen) atoms. The zero-order valence-corrected chi connectivity index (χ0v) is 15.5. The van der Waals surface area contributed by atoms with E-state index in [0.29, 0.717) is 24.9 Å². The smallest absolute Gasteiger partial charge is 0.262 e. The molecule has 3 heterocycles. The number of carbonyl (C=O) groups excluding carboxylic acids is 1. The van der Waals surface area contributed by atoms with Crippen LogP contribution in [0.5, 0.6) is 0 Å². The van der Waals surface area contributed by atoms with Gasteiger partial charge in [-0.3, -0.25) is 14.7 Å². The van der Waals surface area contributed by atoms with Crippen molar-refractivity contribution in [2.75, 3.05) is 19.6 Å². The average Bonchev–Trinajstić information content (AvgIpc) is 3.10. The van der Waals surface area contributed by atoms with Crippen LogP contribution in [0.1, 0.15) is 25.0 Å². The molecule has 3 aromatic rings. The van der Waals surface area contributed by atoms with Crippen molar-refractivity contribution in [1.29, 1.82) is 0 Å². The maximum absolute atomic E-state index is 13.0. The quantitative estimate of drug-likeness (QED) is 0.599. The predicted octanol–water partition coefficient (Wildman–Crippen LogP) is 1.69. The van der Waals surface area contributed by atoms with E-state index in [0.717, 1.165) is 48.0 Å². The molecule has 1 aromatic carbocycles. The van der Waals surface area contributed by atoms with E-state index in [2.05, 4.69) is 20.8 Å². The minimum absolute atomic E-state index is 0.0281. The minimum atomic E-state index is -0.0281. The number of fused-ring (bicyclic) bond motifs is 3. The first-order chi connectivity index (χ1) is 13.2. The lowest BCUT2D eigenvalue weighted by Gasteiger charge is -2.21. The van der Waals surface area contributed by atoms with Crippen molar-refractivity contribution >= 4 is 27.7 Å². The summed E-state index contributed by atoms with van der Waals surface area (Å²) in [6, 6.07) is 7.84. The molecule has 1 amide bonds. The van der Waals surface area contributed by atoms with Crippen molar-refractivity contribution in [3.63, 3.8) is 0 Å². The number of carbonyl (C=O) groups is 1. The van der Waals surface area contributed by atoms with Gasteiger partial charge in [0.2, 0.25) is 5.91 Å². The van der Waals surface area contributed by atoms with Crippen molar-refractivity contribution in [1.82, 2.24) is 25.4 Å². The van der Waals surface area contributed by atoms with E-state index in [1.807, 2.05) is 31.2 Å². The van der Waals surface area contributed by atoms with Crippen LogP contribution in [0.2, 0.25) is 0 Å². The number of hydrogen-bond donors (Lipinski definition) is 3. The Morgan fingerprint density at radius 3 is 2.89 bits per heavy atom. The van der Waals surface area contributed by atoms with Gasteiger partial charge in [-0.05, 0) is 45.3 Å². The molecule has 7 heteroatoms. The molecule has 1 fully saturated rings. The van der Waals surface area contributed by atoms with Crippen molar-refractivity contribution in [2.24, 2.45) is 5.92 Å². The Hall–Kier alpha value is -2.67. The first-order valence-electron chi connectivity index (χ1n) is 9.61. The zero-order valence-electron chi connectivity index (χ0n) is 15.5.